The third-order valence-electron chi connectivity index (χ3n) is 3.05. The molecule has 0 N–H and O–H groups in total. The molecule has 2 nitrogen and oxygen atoms in total. The number of rotatable bonds is 9. The second kappa shape index (κ2) is 14.0. The van der Waals surface area contributed by atoms with Gasteiger partial charge in [0.25, 0.3) is 0 Å². The minimum atomic E-state index is 0.671. The van der Waals surface area contributed by atoms with Crippen LogP contribution in [0.25, 0.3) is 0 Å². The van der Waals surface area contributed by atoms with Crippen LogP contribution in [0.5, 0.6) is 0 Å². The van der Waals surface area contributed by atoms with Gasteiger partial charge in [-0.3, -0.25) is 0 Å². The molecule has 0 aliphatic carbocycles. The van der Waals surface area contributed by atoms with Crippen LogP contribution in [0.3, 0.4) is 0 Å². The lowest BCUT2D eigenvalue weighted by atomic mass is 10.0. The zero-order valence-electron chi connectivity index (χ0n) is 13.3. The third-order valence-corrected chi connectivity index (χ3v) is 3.05. The van der Waals surface area contributed by atoms with Gasteiger partial charge in [-0.05, 0) is 45.7 Å². The molecule has 2 heteroatoms. The fraction of sp³-hybridized carbons (Fsp3) is 1.00. The lowest BCUT2D eigenvalue weighted by Crippen LogP contribution is -2.33. The standard InChI is InChI=1S/C13H29NO.C2H6/c1-6-9-14(12(3)4)10-8-13(7-2)11-15-5;1-2/h12-13H,6-11H2,1-5H3;1-2H3. The minimum absolute atomic E-state index is 0.671. The van der Waals surface area contributed by atoms with E-state index in [4.69, 9.17) is 4.74 Å². The molecular formula is C15H35NO. The van der Waals surface area contributed by atoms with Crippen molar-refractivity contribution in [2.75, 3.05) is 26.8 Å². The van der Waals surface area contributed by atoms with Gasteiger partial charge in [0.05, 0.1) is 0 Å². The van der Waals surface area contributed by atoms with Crippen LogP contribution in [0, 0.1) is 5.92 Å². The second-order valence-corrected chi connectivity index (χ2v) is 4.65. The summed E-state index contributed by atoms with van der Waals surface area (Å²) in [7, 11) is 1.80. The summed E-state index contributed by atoms with van der Waals surface area (Å²) in [5.41, 5.74) is 0. The number of nitrogens with zero attached hydrogens (tertiary/aromatic N) is 1. The molecule has 0 aliphatic rings. The Bertz CT molecular complexity index is 137. The molecule has 1 atom stereocenters. The smallest absolute Gasteiger partial charge is 0.0490 e. The lowest BCUT2D eigenvalue weighted by molar-refractivity contribution is 0.129. The zero-order chi connectivity index (χ0) is 13.7. The molecule has 0 bridgehead atoms. The Morgan fingerprint density at radius 2 is 1.65 bits per heavy atom. The van der Waals surface area contributed by atoms with Crippen LogP contribution in [0.2, 0.25) is 0 Å². The monoisotopic (exact) mass is 245 g/mol. The van der Waals surface area contributed by atoms with Gasteiger partial charge in [-0.1, -0.05) is 34.1 Å². The van der Waals surface area contributed by atoms with Gasteiger partial charge in [-0.2, -0.15) is 0 Å². The average Bonchev–Trinajstić information content (AvgIpc) is 2.34. The molecule has 0 aliphatic heterocycles. The van der Waals surface area contributed by atoms with Crippen molar-refractivity contribution in [1.82, 2.24) is 4.90 Å². The molecular weight excluding hydrogens is 210 g/mol. The molecule has 0 aromatic carbocycles. The van der Waals surface area contributed by atoms with E-state index < -0.39 is 0 Å². The van der Waals surface area contributed by atoms with Crippen LogP contribution in [0.1, 0.15) is 60.8 Å². The molecule has 0 spiro atoms. The fourth-order valence-corrected chi connectivity index (χ4v) is 1.90. The quantitative estimate of drug-likeness (QED) is 0.604. The van der Waals surface area contributed by atoms with Crippen molar-refractivity contribution in [3.8, 4) is 0 Å². The third kappa shape index (κ3) is 10.8. The van der Waals surface area contributed by atoms with Crippen molar-refractivity contribution in [2.24, 2.45) is 5.92 Å². The lowest BCUT2D eigenvalue weighted by Gasteiger charge is -2.27. The SMILES string of the molecule is CC.CCCN(CCC(CC)COC)C(C)C. The molecule has 0 amide bonds. The Morgan fingerprint density at radius 3 is 2.00 bits per heavy atom. The van der Waals surface area contributed by atoms with Gasteiger partial charge in [-0.25, -0.2) is 0 Å². The van der Waals surface area contributed by atoms with Crippen molar-refractivity contribution in [3.05, 3.63) is 0 Å². The zero-order valence-corrected chi connectivity index (χ0v) is 13.3. The maximum absolute atomic E-state index is 5.23. The summed E-state index contributed by atoms with van der Waals surface area (Å²) in [4.78, 5) is 2.57. The van der Waals surface area contributed by atoms with Crippen molar-refractivity contribution < 1.29 is 4.74 Å². The second-order valence-electron chi connectivity index (χ2n) is 4.65. The molecule has 106 valence electrons. The van der Waals surface area contributed by atoms with Gasteiger partial charge < -0.3 is 9.64 Å². The van der Waals surface area contributed by atoms with E-state index >= 15 is 0 Å². The summed E-state index contributed by atoms with van der Waals surface area (Å²) in [6, 6.07) is 0.671. The van der Waals surface area contributed by atoms with Crippen LogP contribution >= 0.6 is 0 Å². The number of methoxy groups -OCH3 is 1. The topological polar surface area (TPSA) is 12.5 Å². The van der Waals surface area contributed by atoms with Gasteiger partial charge in [0.2, 0.25) is 0 Å². The van der Waals surface area contributed by atoms with E-state index in [0.29, 0.717) is 6.04 Å². The highest BCUT2D eigenvalue weighted by molar-refractivity contribution is 4.65. The summed E-state index contributed by atoms with van der Waals surface area (Å²) in [5.74, 6) is 0.730. The van der Waals surface area contributed by atoms with Crippen molar-refractivity contribution in [2.45, 2.75) is 66.8 Å². The highest BCUT2D eigenvalue weighted by Crippen LogP contribution is 2.11. The van der Waals surface area contributed by atoms with Gasteiger partial charge in [0.15, 0.2) is 0 Å². The number of ether oxygens (including phenoxy) is 1. The summed E-state index contributed by atoms with van der Waals surface area (Å²) in [5, 5.41) is 0. The molecule has 0 saturated heterocycles. The first kappa shape index (κ1) is 19.3. The van der Waals surface area contributed by atoms with Crippen molar-refractivity contribution in [1.29, 1.82) is 0 Å². The number of hydrogen-bond acceptors (Lipinski definition) is 2. The fourth-order valence-electron chi connectivity index (χ4n) is 1.90. The largest absolute Gasteiger partial charge is 0.384 e. The van der Waals surface area contributed by atoms with Crippen LogP contribution in [0.15, 0.2) is 0 Å². The molecule has 17 heavy (non-hydrogen) atoms. The molecule has 0 saturated carbocycles. The summed E-state index contributed by atoms with van der Waals surface area (Å²) >= 11 is 0. The first-order valence-electron chi connectivity index (χ1n) is 7.38. The maximum atomic E-state index is 5.23. The highest BCUT2D eigenvalue weighted by Gasteiger charge is 2.11. The van der Waals surface area contributed by atoms with Gasteiger partial charge in [-0.15, -0.1) is 0 Å². The summed E-state index contributed by atoms with van der Waals surface area (Å²) in [6.07, 6.45) is 3.74. The van der Waals surface area contributed by atoms with E-state index in [1.807, 2.05) is 13.8 Å². The van der Waals surface area contributed by atoms with E-state index in [-0.39, 0.29) is 0 Å². The summed E-state index contributed by atoms with van der Waals surface area (Å²) < 4.78 is 5.23. The Morgan fingerprint density at radius 1 is 1.06 bits per heavy atom. The van der Waals surface area contributed by atoms with Crippen LogP contribution in [0.4, 0.5) is 0 Å². The molecule has 0 aromatic rings. The molecule has 0 rings (SSSR count). The van der Waals surface area contributed by atoms with E-state index in [9.17, 15) is 0 Å². The predicted molar refractivity (Wildman–Crippen MR) is 78.6 cm³/mol. The molecule has 0 aromatic heterocycles. The predicted octanol–water partition coefficient (Wildman–Crippen LogP) is 4.20. The molecule has 0 radical (unpaired) electrons. The first-order valence-corrected chi connectivity index (χ1v) is 7.38. The average molecular weight is 245 g/mol. The molecule has 0 fully saturated rings. The van der Waals surface area contributed by atoms with Crippen LogP contribution in [-0.4, -0.2) is 37.7 Å². The van der Waals surface area contributed by atoms with E-state index in [0.717, 1.165) is 12.5 Å². The summed E-state index contributed by atoms with van der Waals surface area (Å²) in [6.45, 7) is 16.4. The maximum Gasteiger partial charge on any atom is 0.0490 e. The van der Waals surface area contributed by atoms with Gasteiger partial charge in [0, 0.05) is 19.8 Å². The van der Waals surface area contributed by atoms with Crippen LogP contribution < -0.4 is 0 Å². The van der Waals surface area contributed by atoms with Gasteiger partial charge in [0.1, 0.15) is 0 Å². The van der Waals surface area contributed by atoms with Crippen molar-refractivity contribution in [3.63, 3.8) is 0 Å². The Hall–Kier alpha value is -0.0800. The van der Waals surface area contributed by atoms with Crippen molar-refractivity contribution >= 4 is 0 Å². The van der Waals surface area contributed by atoms with Crippen LogP contribution in [-0.2, 0) is 4.74 Å². The first-order chi connectivity index (χ1) is 8.15. The Labute approximate surface area is 110 Å². The molecule has 1 unspecified atom stereocenters. The highest BCUT2D eigenvalue weighted by atomic mass is 16.5. The normalized spacial score (nSPS) is 12.5. The van der Waals surface area contributed by atoms with E-state index in [1.165, 1.54) is 32.4 Å². The number of hydrogen-bond donors (Lipinski definition) is 0. The minimum Gasteiger partial charge on any atom is -0.384 e. The van der Waals surface area contributed by atoms with E-state index in [1.54, 1.807) is 7.11 Å². The van der Waals surface area contributed by atoms with E-state index in [2.05, 4.69) is 32.6 Å². The molecule has 0 heterocycles. The Balaban J connectivity index is 0. The van der Waals surface area contributed by atoms with Gasteiger partial charge >= 0.3 is 0 Å². The Kier molecular flexibility index (Phi) is 15.8.